The highest BCUT2D eigenvalue weighted by atomic mass is 19.1. The van der Waals surface area contributed by atoms with Gasteiger partial charge < -0.3 is 20.8 Å². The zero-order chi connectivity index (χ0) is 19.0. The van der Waals surface area contributed by atoms with Crippen molar-refractivity contribution in [2.24, 2.45) is 0 Å². The maximum atomic E-state index is 13.4. The third-order valence-corrected chi connectivity index (χ3v) is 4.97. The molecule has 1 saturated carbocycles. The number of carbonyl (C=O) groups excluding carboxylic acids is 1. The molecule has 0 spiro atoms. The Morgan fingerprint density at radius 3 is 2.70 bits per heavy atom. The summed E-state index contributed by atoms with van der Waals surface area (Å²) in [6.45, 7) is 0.0563. The predicted molar refractivity (Wildman–Crippen MR) is 100 cm³/mol. The van der Waals surface area contributed by atoms with Crippen LogP contribution in [0.15, 0.2) is 30.5 Å². The third-order valence-electron chi connectivity index (χ3n) is 4.97. The Bertz CT molecular complexity index is 995. The fourth-order valence-electron chi connectivity index (χ4n) is 3.24. The molecule has 1 aromatic carbocycles. The largest absolute Gasteiger partial charge is 0.383 e. The van der Waals surface area contributed by atoms with E-state index in [0.29, 0.717) is 23.3 Å². The molecule has 7 nitrogen and oxygen atoms in total. The number of nitrogens with one attached hydrogen (secondary N) is 2. The van der Waals surface area contributed by atoms with Crippen molar-refractivity contribution in [1.29, 1.82) is 0 Å². The number of ether oxygens (including phenoxy) is 1. The molecule has 2 heterocycles. The van der Waals surface area contributed by atoms with E-state index in [4.69, 9.17) is 10.5 Å². The van der Waals surface area contributed by atoms with Crippen LogP contribution in [0.1, 0.15) is 34.6 Å². The van der Waals surface area contributed by atoms with Gasteiger partial charge in [0.1, 0.15) is 11.5 Å². The number of nitrogen functional groups attached to an aromatic ring is 1. The first-order valence-electron chi connectivity index (χ1n) is 8.66. The van der Waals surface area contributed by atoms with Gasteiger partial charge in [0.15, 0.2) is 0 Å². The summed E-state index contributed by atoms with van der Waals surface area (Å²) in [7, 11) is 1.62. The lowest BCUT2D eigenvalue weighted by atomic mass is 9.98. The second-order valence-corrected chi connectivity index (χ2v) is 6.86. The van der Waals surface area contributed by atoms with Gasteiger partial charge in [-0.25, -0.2) is 9.97 Å². The van der Waals surface area contributed by atoms with E-state index in [1.54, 1.807) is 25.4 Å². The van der Waals surface area contributed by atoms with Crippen LogP contribution in [-0.2, 0) is 16.8 Å². The van der Waals surface area contributed by atoms with Crippen molar-refractivity contribution >= 4 is 28.4 Å². The number of amides is 1. The van der Waals surface area contributed by atoms with Crippen LogP contribution in [0.5, 0.6) is 0 Å². The normalized spacial score (nSPS) is 15.0. The predicted octanol–water partition coefficient (Wildman–Crippen LogP) is 2.94. The standard InChI is InChI=1S/C19H20FN5O2/c1-27-9-11-2-4-12(5-3-11)23-18(26)17-24-15(21)14-13(8-22-16(14)25-17)19(10-20)6-7-19/h2-5,8H,6-7,9-10H2,1H3,(H,23,26)(H3,21,22,24,25). The molecule has 1 aliphatic carbocycles. The van der Waals surface area contributed by atoms with E-state index in [0.717, 1.165) is 24.0 Å². The van der Waals surface area contributed by atoms with Gasteiger partial charge in [0, 0.05) is 24.4 Å². The monoisotopic (exact) mass is 369 g/mol. The van der Waals surface area contributed by atoms with E-state index in [-0.39, 0.29) is 11.6 Å². The molecule has 4 N–H and O–H groups in total. The number of nitrogens with two attached hydrogens (primary N) is 1. The van der Waals surface area contributed by atoms with E-state index in [9.17, 15) is 9.18 Å². The second-order valence-electron chi connectivity index (χ2n) is 6.86. The molecule has 0 radical (unpaired) electrons. The van der Waals surface area contributed by atoms with E-state index in [1.165, 1.54) is 0 Å². The highest BCUT2D eigenvalue weighted by molar-refractivity contribution is 6.03. The molecule has 2 aromatic heterocycles. The van der Waals surface area contributed by atoms with Crippen LogP contribution >= 0.6 is 0 Å². The van der Waals surface area contributed by atoms with Crippen LogP contribution in [0.25, 0.3) is 11.0 Å². The fraction of sp³-hybridized carbons (Fsp3) is 0.316. The number of alkyl halides is 1. The first kappa shape index (κ1) is 17.4. The highest BCUT2D eigenvalue weighted by Gasteiger charge is 2.46. The van der Waals surface area contributed by atoms with Gasteiger partial charge in [0.2, 0.25) is 5.82 Å². The summed E-state index contributed by atoms with van der Waals surface area (Å²) in [4.78, 5) is 23.9. The number of aromatic nitrogens is 3. The van der Waals surface area contributed by atoms with Gasteiger partial charge in [-0.2, -0.15) is 0 Å². The van der Waals surface area contributed by atoms with Crippen LogP contribution in [-0.4, -0.2) is 34.6 Å². The minimum atomic E-state index is -0.483. The second kappa shape index (κ2) is 6.62. The average Bonchev–Trinajstić information content (AvgIpc) is 3.35. The number of methoxy groups -OCH3 is 1. The molecule has 27 heavy (non-hydrogen) atoms. The summed E-state index contributed by atoms with van der Waals surface area (Å²) in [5.74, 6) is -0.332. The van der Waals surface area contributed by atoms with Crippen LogP contribution in [0.3, 0.4) is 0 Å². The van der Waals surface area contributed by atoms with Crippen molar-refractivity contribution in [3.63, 3.8) is 0 Å². The third kappa shape index (κ3) is 3.12. The molecule has 0 atom stereocenters. The number of H-pyrrole nitrogens is 1. The average molecular weight is 369 g/mol. The molecule has 0 unspecified atom stereocenters. The van der Waals surface area contributed by atoms with E-state index >= 15 is 0 Å². The van der Waals surface area contributed by atoms with Crippen LogP contribution < -0.4 is 11.1 Å². The summed E-state index contributed by atoms with van der Waals surface area (Å²) < 4.78 is 18.5. The molecule has 0 aliphatic heterocycles. The molecule has 1 amide bonds. The SMILES string of the molecule is COCc1ccc(NC(=O)c2nc(N)c3c(C4(CF)CC4)c[nH]c3n2)cc1. The Labute approximate surface area is 155 Å². The summed E-state index contributed by atoms with van der Waals surface area (Å²) >= 11 is 0. The smallest absolute Gasteiger partial charge is 0.293 e. The van der Waals surface area contributed by atoms with Crippen LogP contribution in [0.2, 0.25) is 0 Å². The number of anilines is 2. The maximum absolute atomic E-state index is 13.4. The Balaban J connectivity index is 1.59. The number of benzene rings is 1. The number of hydrogen-bond donors (Lipinski definition) is 3. The van der Waals surface area contributed by atoms with Gasteiger partial charge in [-0.15, -0.1) is 0 Å². The minimum absolute atomic E-state index is 0.0422. The molecular weight excluding hydrogens is 349 g/mol. The van der Waals surface area contributed by atoms with E-state index < -0.39 is 18.0 Å². The maximum Gasteiger partial charge on any atom is 0.293 e. The number of hydrogen-bond acceptors (Lipinski definition) is 5. The number of halogens is 1. The Morgan fingerprint density at radius 2 is 2.07 bits per heavy atom. The summed E-state index contributed by atoms with van der Waals surface area (Å²) in [5, 5.41) is 3.35. The van der Waals surface area contributed by atoms with Crippen LogP contribution in [0.4, 0.5) is 15.9 Å². The molecule has 0 bridgehead atoms. The Kier molecular flexibility index (Phi) is 4.27. The number of fused-ring (bicyclic) bond motifs is 1. The van der Waals surface area contributed by atoms with Gasteiger partial charge in [0.05, 0.1) is 18.7 Å². The van der Waals surface area contributed by atoms with E-state index in [1.807, 2.05) is 12.1 Å². The lowest BCUT2D eigenvalue weighted by Gasteiger charge is -2.10. The molecule has 3 aromatic rings. The van der Waals surface area contributed by atoms with Crippen molar-refractivity contribution in [2.45, 2.75) is 24.9 Å². The summed E-state index contributed by atoms with van der Waals surface area (Å²) in [6.07, 6.45) is 3.27. The molecule has 1 fully saturated rings. The van der Waals surface area contributed by atoms with Gasteiger partial charge >= 0.3 is 0 Å². The Morgan fingerprint density at radius 1 is 1.33 bits per heavy atom. The number of carbonyl (C=O) groups is 1. The van der Waals surface area contributed by atoms with Gasteiger partial charge in [-0.1, -0.05) is 12.1 Å². The first-order chi connectivity index (χ1) is 13.1. The molecule has 4 rings (SSSR count). The number of nitrogens with zero attached hydrogens (tertiary/aromatic N) is 2. The van der Waals surface area contributed by atoms with Crippen molar-refractivity contribution in [1.82, 2.24) is 15.0 Å². The first-order valence-corrected chi connectivity index (χ1v) is 8.66. The molecular formula is C19H20FN5O2. The van der Waals surface area contributed by atoms with Crippen molar-refractivity contribution < 1.29 is 13.9 Å². The van der Waals surface area contributed by atoms with Gasteiger partial charge in [-0.3, -0.25) is 9.18 Å². The van der Waals surface area contributed by atoms with Crippen molar-refractivity contribution in [2.75, 3.05) is 24.8 Å². The highest BCUT2D eigenvalue weighted by Crippen LogP contribution is 2.51. The van der Waals surface area contributed by atoms with Crippen molar-refractivity contribution in [3.05, 3.63) is 47.4 Å². The van der Waals surface area contributed by atoms with Crippen molar-refractivity contribution in [3.8, 4) is 0 Å². The molecule has 0 saturated heterocycles. The summed E-state index contributed by atoms with van der Waals surface area (Å²) in [6, 6.07) is 7.28. The van der Waals surface area contributed by atoms with Gasteiger partial charge in [-0.05, 0) is 36.1 Å². The minimum Gasteiger partial charge on any atom is -0.383 e. The van der Waals surface area contributed by atoms with Crippen LogP contribution in [0, 0.1) is 0 Å². The fourth-order valence-corrected chi connectivity index (χ4v) is 3.24. The van der Waals surface area contributed by atoms with E-state index in [2.05, 4.69) is 20.3 Å². The zero-order valence-electron chi connectivity index (χ0n) is 14.9. The number of aromatic amines is 1. The van der Waals surface area contributed by atoms with Gasteiger partial charge in [0.25, 0.3) is 5.91 Å². The molecule has 1 aliphatic rings. The lowest BCUT2D eigenvalue weighted by Crippen LogP contribution is -2.17. The zero-order valence-corrected chi connectivity index (χ0v) is 14.9. The number of rotatable bonds is 6. The quantitative estimate of drug-likeness (QED) is 0.619. The lowest BCUT2D eigenvalue weighted by molar-refractivity contribution is 0.101. The topological polar surface area (TPSA) is 106 Å². The summed E-state index contributed by atoms with van der Waals surface area (Å²) in [5.41, 5.74) is 8.44. The Hall–Kier alpha value is -3.00. The molecule has 140 valence electrons. The molecule has 8 heteroatoms.